The summed E-state index contributed by atoms with van der Waals surface area (Å²) in [6.45, 7) is 4.55. The highest BCUT2D eigenvalue weighted by atomic mass is 16.2. The molecule has 0 saturated carbocycles. The zero-order valence-electron chi connectivity index (χ0n) is 26.7. The summed E-state index contributed by atoms with van der Waals surface area (Å²) in [7, 11) is 0. The Morgan fingerprint density at radius 2 is 0.641 bits per heavy atom. The number of rotatable bonds is 31. The van der Waals surface area contributed by atoms with Crippen molar-refractivity contribution < 1.29 is 9.59 Å². The lowest BCUT2D eigenvalue weighted by atomic mass is 10.0. The molecule has 3 nitrogen and oxygen atoms in total. The third-order valence-electron chi connectivity index (χ3n) is 7.95. The SMILES string of the molecule is CCCCCCCCC=CCCCCCCCC(=O)NC(=O)CCCCCCCCCCCCCCCCC. The molecule has 2 amide bonds. The normalized spacial score (nSPS) is 11.4. The Bertz CT molecular complexity index is 542. The second kappa shape index (κ2) is 33.1. The second-order valence-electron chi connectivity index (χ2n) is 12.0. The van der Waals surface area contributed by atoms with E-state index in [-0.39, 0.29) is 11.8 Å². The number of hydrogen-bond donors (Lipinski definition) is 1. The smallest absolute Gasteiger partial charge is 0.226 e. The Hall–Kier alpha value is -1.12. The molecule has 0 aliphatic carbocycles. The minimum atomic E-state index is -0.0846. The van der Waals surface area contributed by atoms with Crippen molar-refractivity contribution in [2.45, 2.75) is 206 Å². The van der Waals surface area contributed by atoms with Gasteiger partial charge in [-0.2, -0.15) is 0 Å². The largest absolute Gasteiger partial charge is 0.296 e. The number of nitrogens with one attached hydrogen (secondary N) is 1. The molecule has 0 aromatic carbocycles. The molecule has 0 heterocycles. The summed E-state index contributed by atoms with van der Waals surface area (Å²) in [5.74, 6) is -0.166. The number of unbranched alkanes of at least 4 members (excludes halogenated alkanes) is 25. The van der Waals surface area contributed by atoms with E-state index in [0.717, 1.165) is 25.7 Å². The molecule has 0 fully saturated rings. The Kier molecular flexibility index (Phi) is 32.1. The third kappa shape index (κ3) is 33.0. The first-order chi connectivity index (χ1) is 19.2. The molecule has 0 bridgehead atoms. The molecule has 39 heavy (non-hydrogen) atoms. The van der Waals surface area contributed by atoms with Crippen LogP contribution in [0.25, 0.3) is 0 Å². The fraction of sp³-hybridized carbons (Fsp3) is 0.889. The third-order valence-corrected chi connectivity index (χ3v) is 7.95. The van der Waals surface area contributed by atoms with E-state index in [1.165, 1.54) is 154 Å². The first-order valence-electron chi connectivity index (χ1n) is 17.7. The van der Waals surface area contributed by atoms with Crippen LogP contribution in [0.5, 0.6) is 0 Å². The van der Waals surface area contributed by atoms with Gasteiger partial charge in [0.05, 0.1) is 0 Å². The van der Waals surface area contributed by atoms with Crippen LogP contribution in [0.4, 0.5) is 0 Å². The van der Waals surface area contributed by atoms with Crippen LogP contribution in [0.1, 0.15) is 206 Å². The van der Waals surface area contributed by atoms with Crippen LogP contribution in [0.3, 0.4) is 0 Å². The minimum absolute atomic E-state index is 0.0811. The lowest BCUT2D eigenvalue weighted by Gasteiger charge is -2.05. The van der Waals surface area contributed by atoms with Crippen LogP contribution in [0.15, 0.2) is 12.2 Å². The van der Waals surface area contributed by atoms with Gasteiger partial charge < -0.3 is 0 Å². The van der Waals surface area contributed by atoms with Crippen LogP contribution in [-0.2, 0) is 9.59 Å². The molecule has 0 saturated heterocycles. The molecule has 0 rings (SSSR count). The summed E-state index contributed by atoms with van der Waals surface area (Å²) < 4.78 is 0. The van der Waals surface area contributed by atoms with E-state index in [0.29, 0.717) is 12.8 Å². The Labute approximate surface area is 245 Å². The minimum Gasteiger partial charge on any atom is -0.296 e. The molecule has 0 radical (unpaired) electrons. The Balaban J connectivity index is 3.32. The van der Waals surface area contributed by atoms with Gasteiger partial charge in [0.15, 0.2) is 0 Å². The topological polar surface area (TPSA) is 46.2 Å². The van der Waals surface area contributed by atoms with Gasteiger partial charge in [0.25, 0.3) is 0 Å². The van der Waals surface area contributed by atoms with Crippen molar-refractivity contribution in [3.8, 4) is 0 Å². The van der Waals surface area contributed by atoms with Gasteiger partial charge in [0.2, 0.25) is 11.8 Å². The zero-order valence-corrected chi connectivity index (χ0v) is 26.7. The summed E-state index contributed by atoms with van der Waals surface area (Å²) >= 11 is 0. The fourth-order valence-electron chi connectivity index (χ4n) is 5.29. The second-order valence-corrected chi connectivity index (χ2v) is 12.0. The summed E-state index contributed by atoms with van der Waals surface area (Å²) in [5.41, 5.74) is 0. The van der Waals surface area contributed by atoms with Gasteiger partial charge in [-0.15, -0.1) is 0 Å². The predicted octanol–water partition coefficient (Wildman–Crippen LogP) is 11.9. The van der Waals surface area contributed by atoms with Crippen molar-refractivity contribution in [1.29, 1.82) is 0 Å². The van der Waals surface area contributed by atoms with Crippen molar-refractivity contribution in [1.82, 2.24) is 5.32 Å². The van der Waals surface area contributed by atoms with Gasteiger partial charge in [-0.05, 0) is 38.5 Å². The van der Waals surface area contributed by atoms with Gasteiger partial charge >= 0.3 is 0 Å². The first kappa shape index (κ1) is 37.9. The van der Waals surface area contributed by atoms with E-state index in [2.05, 4.69) is 31.3 Å². The van der Waals surface area contributed by atoms with Crippen LogP contribution in [-0.4, -0.2) is 11.8 Å². The molecular formula is C36H69NO2. The fourth-order valence-corrected chi connectivity index (χ4v) is 5.29. The summed E-state index contributed by atoms with van der Waals surface area (Å²) in [4.78, 5) is 24.0. The molecule has 0 aliphatic heterocycles. The number of hydrogen-bond acceptors (Lipinski definition) is 2. The monoisotopic (exact) mass is 548 g/mol. The molecule has 3 heteroatoms. The standard InChI is InChI=1S/C36H69NO2/c1-3-5-7-9-11-13-15-17-19-21-23-25-27-29-31-33-35(38)37-36(39)34-32-30-28-26-24-22-20-18-16-14-12-10-8-6-4-2/h17,19H,3-16,18,20-34H2,1-2H3,(H,37,38,39). The molecule has 1 N–H and O–H groups in total. The van der Waals surface area contributed by atoms with Crippen LogP contribution >= 0.6 is 0 Å². The highest BCUT2D eigenvalue weighted by molar-refractivity contribution is 5.95. The van der Waals surface area contributed by atoms with Crippen LogP contribution < -0.4 is 5.32 Å². The number of amides is 2. The molecular weight excluding hydrogens is 478 g/mol. The Morgan fingerprint density at radius 3 is 0.949 bits per heavy atom. The van der Waals surface area contributed by atoms with E-state index in [4.69, 9.17) is 0 Å². The van der Waals surface area contributed by atoms with Crippen molar-refractivity contribution in [3.63, 3.8) is 0 Å². The summed E-state index contributed by atoms with van der Waals surface area (Å²) in [6, 6.07) is 0. The maximum absolute atomic E-state index is 12.0. The average Bonchev–Trinajstić information content (AvgIpc) is 2.93. The number of allylic oxidation sites excluding steroid dienone is 2. The molecule has 0 spiro atoms. The summed E-state index contributed by atoms with van der Waals surface area (Å²) in [6.07, 6.45) is 41.8. The molecule has 230 valence electrons. The lowest BCUT2D eigenvalue weighted by Crippen LogP contribution is -2.29. The number of carbonyl (C=O) groups excluding carboxylic acids is 2. The lowest BCUT2D eigenvalue weighted by molar-refractivity contribution is -0.130. The van der Waals surface area contributed by atoms with Gasteiger partial charge in [0, 0.05) is 12.8 Å². The van der Waals surface area contributed by atoms with Crippen molar-refractivity contribution in [2.75, 3.05) is 0 Å². The van der Waals surface area contributed by atoms with E-state index in [9.17, 15) is 9.59 Å². The number of imide groups is 1. The molecule has 0 unspecified atom stereocenters. The highest BCUT2D eigenvalue weighted by Crippen LogP contribution is 2.14. The summed E-state index contributed by atoms with van der Waals surface area (Å²) in [5, 5.41) is 2.59. The van der Waals surface area contributed by atoms with Gasteiger partial charge in [-0.3, -0.25) is 14.9 Å². The van der Waals surface area contributed by atoms with Crippen molar-refractivity contribution in [3.05, 3.63) is 12.2 Å². The average molecular weight is 548 g/mol. The van der Waals surface area contributed by atoms with Crippen molar-refractivity contribution >= 4 is 11.8 Å². The van der Waals surface area contributed by atoms with E-state index in [1.807, 2.05) is 0 Å². The first-order valence-corrected chi connectivity index (χ1v) is 17.7. The van der Waals surface area contributed by atoms with Crippen LogP contribution in [0.2, 0.25) is 0 Å². The quantitative estimate of drug-likeness (QED) is 0.0693. The van der Waals surface area contributed by atoms with Gasteiger partial charge in [-0.1, -0.05) is 167 Å². The molecule has 0 atom stereocenters. The molecule has 0 aromatic heterocycles. The number of carbonyl (C=O) groups is 2. The van der Waals surface area contributed by atoms with Crippen molar-refractivity contribution in [2.24, 2.45) is 0 Å². The maximum Gasteiger partial charge on any atom is 0.226 e. The van der Waals surface area contributed by atoms with Gasteiger partial charge in [-0.25, -0.2) is 0 Å². The maximum atomic E-state index is 12.0. The predicted molar refractivity (Wildman–Crippen MR) is 172 cm³/mol. The Morgan fingerprint density at radius 1 is 0.385 bits per heavy atom. The zero-order chi connectivity index (χ0) is 28.5. The van der Waals surface area contributed by atoms with E-state index < -0.39 is 0 Å². The van der Waals surface area contributed by atoms with Gasteiger partial charge in [0.1, 0.15) is 0 Å². The molecule has 0 aliphatic rings. The van der Waals surface area contributed by atoms with E-state index in [1.54, 1.807) is 0 Å². The molecule has 0 aromatic rings. The van der Waals surface area contributed by atoms with E-state index >= 15 is 0 Å². The highest BCUT2D eigenvalue weighted by Gasteiger charge is 2.07. The van der Waals surface area contributed by atoms with Crippen LogP contribution in [0, 0.1) is 0 Å².